The molecular formula is C8H16N4S. The minimum atomic E-state index is 0.997. The summed E-state index contributed by atoms with van der Waals surface area (Å²) in [5, 5.41) is 12.1. The first-order valence-corrected chi connectivity index (χ1v) is 5.50. The average molecular weight is 200 g/mol. The van der Waals surface area contributed by atoms with E-state index < -0.39 is 0 Å². The molecule has 0 aliphatic heterocycles. The van der Waals surface area contributed by atoms with Crippen molar-refractivity contribution in [2.75, 3.05) is 18.8 Å². The quantitative estimate of drug-likeness (QED) is 0.547. The summed E-state index contributed by atoms with van der Waals surface area (Å²) in [6.45, 7) is 4.26. The van der Waals surface area contributed by atoms with Gasteiger partial charge in [-0.25, -0.2) is 0 Å². The summed E-state index contributed by atoms with van der Waals surface area (Å²) in [6, 6.07) is 0. The van der Waals surface area contributed by atoms with Crippen molar-refractivity contribution in [1.82, 2.24) is 20.1 Å². The summed E-state index contributed by atoms with van der Waals surface area (Å²) in [7, 11) is 1.96. The minimum absolute atomic E-state index is 0.997. The molecule has 13 heavy (non-hydrogen) atoms. The highest BCUT2D eigenvalue weighted by molar-refractivity contribution is 7.99. The molecule has 5 heteroatoms. The van der Waals surface area contributed by atoms with Crippen LogP contribution in [-0.4, -0.2) is 33.6 Å². The summed E-state index contributed by atoms with van der Waals surface area (Å²) in [5.41, 5.74) is 0. The van der Waals surface area contributed by atoms with E-state index in [1.54, 1.807) is 18.1 Å². The molecule has 0 aliphatic rings. The second-order valence-corrected chi connectivity index (χ2v) is 3.84. The third-order valence-electron chi connectivity index (χ3n) is 1.65. The molecule has 0 unspecified atom stereocenters. The van der Waals surface area contributed by atoms with Gasteiger partial charge in [0.05, 0.1) is 0 Å². The van der Waals surface area contributed by atoms with Crippen LogP contribution in [0.4, 0.5) is 0 Å². The Morgan fingerprint density at radius 3 is 3.08 bits per heavy atom. The van der Waals surface area contributed by atoms with Gasteiger partial charge in [0.1, 0.15) is 6.33 Å². The van der Waals surface area contributed by atoms with Crippen LogP contribution in [0.2, 0.25) is 0 Å². The number of aromatic nitrogens is 3. The summed E-state index contributed by atoms with van der Waals surface area (Å²) >= 11 is 1.75. The molecule has 0 spiro atoms. The zero-order chi connectivity index (χ0) is 9.52. The Labute approximate surface area is 83.1 Å². The zero-order valence-electron chi connectivity index (χ0n) is 8.16. The van der Waals surface area contributed by atoms with E-state index in [4.69, 9.17) is 0 Å². The first-order valence-electron chi connectivity index (χ1n) is 4.52. The van der Waals surface area contributed by atoms with Gasteiger partial charge in [-0.2, -0.15) is 0 Å². The standard InChI is InChI=1S/C8H16N4S/c1-3-9-5-4-6-13-8-11-10-7-12(8)2/h7,9H,3-6H2,1-2H3. The Hall–Kier alpha value is -0.550. The number of hydrogen-bond acceptors (Lipinski definition) is 4. The van der Waals surface area contributed by atoms with Crippen molar-refractivity contribution in [3.05, 3.63) is 6.33 Å². The molecule has 1 heterocycles. The number of nitrogens with zero attached hydrogens (tertiary/aromatic N) is 3. The normalized spacial score (nSPS) is 10.6. The maximum atomic E-state index is 3.99. The van der Waals surface area contributed by atoms with Gasteiger partial charge in [0.15, 0.2) is 5.16 Å². The molecule has 1 N–H and O–H groups in total. The molecule has 0 fully saturated rings. The third kappa shape index (κ3) is 3.78. The highest BCUT2D eigenvalue weighted by atomic mass is 32.2. The summed E-state index contributed by atoms with van der Waals surface area (Å²) in [4.78, 5) is 0. The fourth-order valence-electron chi connectivity index (χ4n) is 0.941. The van der Waals surface area contributed by atoms with E-state index in [1.807, 2.05) is 11.6 Å². The number of nitrogens with one attached hydrogen (secondary N) is 1. The number of aryl methyl sites for hydroxylation is 1. The average Bonchev–Trinajstić information content (AvgIpc) is 2.52. The van der Waals surface area contributed by atoms with Gasteiger partial charge in [0, 0.05) is 12.8 Å². The van der Waals surface area contributed by atoms with Crippen LogP contribution in [0.15, 0.2) is 11.5 Å². The van der Waals surface area contributed by atoms with Crippen LogP contribution < -0.4 is 5.32 Å². The fraction of sp³-hybridized carbons (Fsp3) is 0.750. The lowest BCUT2D eigenvalue weighted by Gasteiger charge is -2.01. The van der Waals surface area contributed by atoms with E-state index in [9.17, 15) is 0 Å². The molecule has 1 aromatic heterocycles. The predicted molar refractivity (Wildman–Crippen MR) is 54.9 cm³/mol. The molecule has 0 aromatic carbocycles. The molecule has 0 bridgehead atoms. The molecule has 0 radical (unpaired) electrons. The Morgan fingerprint density at radius 2 is 2.46 bits per heavy atom. The van der Waals surface area contributed by atoms with Crippen molar-refractivity contribution >= 4 is 11.8 Å². The fourth-order valence-corrected chi connectivity index (χ4v) is 1.77. The molecule has 1 aromatic rings. The Morgan fingerprint density at radius 1 is 1.62 bits per heavy atom. The molecular weight excluding hydrogens is 184 g/mol. The Balaban J connectivity index is 2.10. The van der Waals surface area contributed by atoms with Crippen LogP contribution in [0, 0.1) is 0 Å². The van der Waals surface area contributed by atoms with Crippen LogP contribution in [0.1, 0.15) is 13.3 Å². The van der Waals surface area contributed by atoms with Crippen molar-refractivity contribution in [2.24, 2.45) is 7.05 Å². The summed E-state index contributed by atoms with van der Waals surface area (Å²) in [6.07, 6.45) is 2.90. The lowest BCUT2D eigenvalue weighted by atomic mass is 10.5. The molecule has 1 rings (SSSR count). The maximum absolute atomic E-state index is 3.99. The first-order chi connectivity index (χ1) is 6.34. The van der Waals surface area contributed by atoms with Gasteiger partial charge in [-0.3, -0.25) is 0 Å². The molecule has 0 saturated heterocycles. The molecule has 0 amide bonds. The number of thioether (sulfide) groups is 1. The van der Waals surface area contributed by atoms with Crippen LogP contribution in [-0.2, 0) is 7.05 Å². The monoisotopic (exact) mass is 200 g/mol. The van der Waals surface area contributed by atoms with E-state index in [2.05, 4.69) is 22.4 Å². The molecule has 0 aliphatic carbocycles. The summed E-state index contributed by atoms with van der Waals surface area (Å²) < 4.78 is 1.94. The smallest absolute Gasteiger partial charge is 0.190 e. The number of hydrogen-bond donors (Lipinski definition) is 1. The van der Waals surface area contributed by atoms with Gasteiger partial charge < -0.3 is 9.88 Å². The topological polar surface area (TPSA) is 42.7 Å². The second kappa shape index (κ2) is 5.99. The lowest BCUT2D eigenvalue weighted by molar-refractivity contribution is 0.705. The molecule has 74 valence electrons. The van der Waals surface area contributed by atoms with Crippen molar-refractivity contribution < 1.29 is 0 Å². The zero-order valence-corrected chi connectivity index (χ0v) is 8.97. The largest absolute Gasteiger partial charge is 0.317 e. The highest BCUT2D eigenvalue weighted by Gasteiger charge is 1.99. The van der Waals surface area contributed by atoms with Gasteiger partial charge in [-0.1, -0.05) is 18.7 Å². The Kier molecular flexibility index (Phi) is 4.85. The van der Waals surface area contributed by atoms with Gasteiger partial charge in [0.2, 0.25) is 0 Å². The molecule has 4 nitrogen and oxygen atoms in total. The SMILES string of the molecule is CCNCCCSc1nncn1C. The van der Waals surface area contributed by atoms with Crippen LogP contribution in [0.5, 0.6) is 0 Å². The van der Waals surface area contributed by atoms with Gasteiger partial charge >= 0.3 is 0 Å². The Bertz CT molecular complexity index is 236. The third-order valence-corrected chi connectivity index (χ3v) is 2.77. The van der Waals surface area contributed by atoms with Gasteiger partial charge in [0.25, 0.3) is 0 Å². The predicted octanol–water partition coefficient (Wildman–Crippen LogP) is 0.907. The number of rotatable bonds is 6. The lowest BCUT2D eigenvalue weighted by Crippen LogP contribution is -2.14. The van der Waals surface area contributed by atoms with E-state index in [0.717, 1.165) is 24.0 Å². The van der Waals surface area contributed by atoms with Gasteiger partial charge in [-0.05, 0) is 19.5 Å². The van der Waals surface area contributed by atoms with E-state index in [0.29, 0.717) is 0 Å². The van der Waals surface area contributed by atoms with Crippen molar-refractivity contribution in [3.8, 4) is 0 Å². The van der Waals surface area contributed by atoms with Crippen molar-refractivity contribution in [3.63, 3.8) is 0 Å². The van der Waals surface area contributed by atoms with Crippen LogP contribution in [0.25, 0.3) is 0 Å². The summed E-state index contributed by atoms with van der Waals surface area (Å²) in [5.74, 6) is 1.10. The highest BCUT2D eigenvalue weighted by Crippen LogP contribution is 2.13. The van der Waals surface area contributed by atoms with Crippen molar-refractivity contribution in [1.29, 1.82) is 0 Å². The van der Waals surface area contributed by atoms with E-state index >= 15 is 0 Å². The van der Waals surface area contributed by atoms with Crippen molar-refractivity contribution in [2.45, 2.75) is 18.5 Å². The second-order valence-electron chi connectivity index (χ2n) is 2.78. The van der Waals surface area contributed by atoms with Gasteiger partial charge in [-0.15, -0.1) is 10.2 Å². The minimum Gasteiger partial charge on any atom is -0.317 e. The van der Waals surface area contributed by atoms with Crippen LogP contribution in [0.3, 0.4) is 0 Å². The van der Waals surface area contributed by atoms with E-state index in [-0.39, 0.29) is 0 Å². The van der Waals surface area contributed by atoms with Crippen LogP contribution >= 0.6 is 11.8 Å². The maximum Gasteiger partial charge on any atom is 0.190 e. The molecule has 0 saturated carbocycles. The van der Waals surface area contributed by atoms with E-state index in [1.165, 1.54) is 6.42 Å². The first kappa shape index (κ1) is 10.5. The molecule has 0 atom stereocenters.